The summed E-state index contributed by atoms with van der Waals surface area (Å²) in [6, 6.07) is 11.2. The van der Waals surface area contributed by atoms with Crippen molar-refractivity contribution in [2.24, 2.45) is 10.9 Å². The first-order chi connectivity index (χ1) is 14.2. The Morgan fingerprint density at radius 2 is 2.07 bits per heavy atom. The number of aliphatic imine (C=N–C) groups is 1. The molecule has 2 aliphatic rings. The molecule has 1 heterocycles. The molecule has 3 rings (SSSR count). The second-order valence-corrected chi connectivity index (χ2v) is 10.4. The Hall–Kier alpha value is -1.40. The highest BCUT2D eigenvalue weighted by atomic mass is 32.2. The molecule has 1 saturated carbocycles. The molecule has 1 saturated heterocycles. The van der Waals surface area contributed by atoms with Crippen molar-refractivity contribution in [1.29, 1.82) is 0 Å². The predicted octanol–water partition coefficient (Wildman–Crippen LogP) is 2.80. The van der Waals surface area contributed by atoms with Crippen LogP contribution in [0.1, 0.15) is 44.6 Å². The molecular formula is C23H38N4OS. The molecule has 1 aliphatic heterocycles. The minimum absolute atomic E-state index is 0.345. The average molecular weight is 419 g/mol. The Balaban J connectivity index is 1.37. The molecule has 162 valence electrons. The van der Waals surface area contributed by atoms with Crippen molar-refractivity contribution in [2.45, 2.75) is 56.7 Å². The number of guanidine groups is 1. The van der Waals surface area contributed by atoms with Crippen LogP contribution in [0.5, 0.6) is 0 Å². The van der Waals surface area contributed by atoms with Gasteiger partial charge in [0, 0.05) is 54.5 Å². The van der Waals surface area contributed by atoms with Crippen LogP contribution in [-0.4, -0.2) is 65.3 Å². The first-order valence-corrected chi connectivity index (χ1v) is 12.7. The fraction of sp³-hybridized carbons (Fsp3) is 0.696. The van der Waals surface area contributed by atoms with E-state index in [1.165, 1.54) is 18.5 Å². The fourth-order valence-corrected chi connectivity index (χ4v) is 5.94. The van der Waals surface area contributed by atoms with Gasteiger partial charge in [0.1, 0.15) is 0 Å². The lowest BCUT2D eigenvalue weighted by Crippen LogP contribution is -2.47. The monoisotopic (exact) mass is 418 g/mol. The minimum Gasteiger partial charge on any atom is -0.356 e. The molecule has 4 unspecified atom stereocenters. The zero-order chi connectivity index (χ0) is 20.5. The van der Waals surface area contributed by atoms with Gasteiger partial charge in [-0.05, 0) is 50.1 Å². The van der Waals surface area contributed by atoms with E-state index in [0.29, 0.717) is 17.2 Å². The van der Waals surface area contributed by atoms with Crippen LogP contribution in [0.3, 0.4) is 0 Å². The summed E-state index contributed by atoms with van der Waals surface area (Å²) < 4.78 is 12.2. The maximum Gasteiger partial charge on any atom is 0.191 e. The van der Waals surface area contributed by atoms with Crippen LogP contribution in [0.4, 0.5) is 0 Å². The second-order valence-electron chi connectivity index (χ2n) is 8.44. The SMILES string of the molecule is CCS(=O)C1CCCC(NC(=NC)NCC2CCN(CCc3ccccc3)C2)C1. The lowest BCUT2D eigenvalue weighted by molar-refractivity contribution is 0.328. The molecule has 0 aromatic heterocycles. The first kappa shape index (κ1) is 22.3. The van der Waals surface area contributed by atoms with Gasteiger partial charge in [-0.15, -0.1) is 0 Å². The molecule has 5 nitrogen and oxygen atoms in total. The largest absolute Gasteiger partial charge is 0.356 e. The highest BCUT2D eigenvalue weighted by Crippen LogP contribution is 2.23. The summed E-state index contributed by atoms with van der Waals surface area (Å²) in [5.41, 5.74) is 1.42. The van der Waals surface area contributed by atoms with Crippen LogP contribution >= 0.6 is 0 Å². The lowest BCUT2D eigenvalue weighted by Gasteiger charge is -2.30. The van der Waals surface area contributed by atoms with E-state index in [0.717, 1.165) is 63.5 Å². The number of hydrogen-bond donors (Lipinski definition) is 2. The molecule has 1 aliphatic carbocycles. The molecule has 0 amide bonds. The zero-order valence-electron chi connectivity index (χ0n) is 18.1. The Kier molecular flexibility index (Phi) is 8.99. The van der Waals surface area contributed by atoms with Gasteiger partial charge in [0.15, 0.2) is 5.96 Å². The van der Waals surface area contributed by atoms with Crippen molar-refractivity contribution in [2.75, 3.05) is 39.0 Å². The molecule has 0 spiro atoms. The van der Waals surface area contributed by atoms with Gasteiger partial charge in [0.05, 0.1) is 0 Å². The van der Waals surface area contributed by atoms with Crippen LogP contribution in [0.15, 0.2) is 35.3 Å². The quantitative estimate of drug-likeness (QED) is 0.503. The van der Waals surface area contributed by atoms with E-state index < -0.39 is 10.8 Å². The van der Waals surface area contributed by atoms with Crippen LogP contribution in [-0.2, 0) is 17.2 Å². The maximum absolute atomic E-state index is 12.2. The molecule has 2 N–H and O–H groups in total. The van der Waals surface area contributed by atoms with Gasteiger partial charge < -0.3 is 15.5 Å². The molecule has 1 aromatic rings. The van der Waals surface area contributed by atoms with Crippen LogP contribution in [0.2, 0.25) is 0 Å². The van der Waals surface area contributed by atoms with Gasteiger partial charge >= 0.3 is 0 Å². The lowest BCUT2D eigenvalue weighted by atomic mass is 9.95. The summed E-state index contributed by atoms with van der Waals surface area (Å²) >= 11 is 0. The summed E-state index contributed by atoms with van der Waals surface area (Å²) in [5.74, 6) is 2.35. The number of rotatable bonds is 8. The van der Waals surface area contributed by atoms with E-state index in [4.69, 9.17) is 0 Å². The maximum atomic E-state index is 12.2. The summed E-state index contributed by atoms with van der Waals surface area (Å²) in [6.45, 7) is 6.50. The van der Waals surface area contributed by atoms with E-state index in [1.807, 2.05) is 14.0 Å². The minimum atomic E-state index is -0.682. The highest BCUT2D eigenvalue weighted by Gasteiger charge is 2.27. The van der Waals surface area contributed by atoms with Gasteiger partial charge in [-0.25, -0.2) is 0 Å². The Morgan fingerprint density at radius 1 is 1.24 bits per heavy atom. The second kappa shape index (κ2) is 11.7. The van der Waals surface area contributed by atoms with Crippen molar-refractivity contribution in [3.05, 3.63) is 35.9 Å². The summed E-state index contributed by atoms with van der Waals surface area (Å²) in [4.78, 5) is 7.02. The van der Waals surface area contributed by atoms with Crippen molar-refractivity contribution in [3.63, 3.8) is 0 Å². The Bertz CT molecular complexity index is 666. The Morgan fingerprint density at radius 3 is 2.83 bits per heavy atom. The molecule has 0 bridgehead atoms. The van der Waals surface area contributed by atoms with E-state index in [-0.39, 0.29) is 0 Å². The number of nitrogens with zero attached hydrogens (tertiary/aromatic N) is 2. The molecule has 0 radical (unpaired) electrons. The van der Waals surface area contributed by atoms with Gasteiger partial charge in [0.2, 0.25) is 0 Å². The van der Waals surface area contributed by atoms with Crippen molar-refractivity contribution in [3.8, 4) is 0 Å². The van der Waals surface area contributed by atoms with E-state index in [1.54, 1.807) is 0 Å². The van der Waals surface area contributed by atoms with Crippen LogP contribution in [0.25, 0.3) is 0 Å². The molecular weight excluding hydrogens is 380 g/mol. The molecule has 2 fully saturated rings. The molecule has 29 heavy (non-hydrogen) atoms. The first-order valence-electron chi connectivity index (χ1n) is 11.3. The number of hydrogen-bond acceptors (Lipinski definition) is 3. The number of benzene rings is 1. The third-order valence-corrected chi connectivity index (χ3v) is 8.08. The predicted molar refractivity (Wildman–Crippen MR) is 124 cm³/mol. The highest BCUT2D eigenvalue weighted by molar-refractivity contribution is 7.85. The van der Waals surface area contributed by atoms with Crippen molar-refractivity contribution < 1.29 is 4.21 Å². The van der Waals surface area contributed by atoms with Crippen molar-refractivity contribution in [1.82, 2.24) is 15.5 Å². The zero-order valence-corrected chi connectivity index (χ0v) is 18.9. The Labute approximate surface area is 179 Å². The molecule has 1 aromatic carbocycles. The third-order valence-electron chi connectivity index (χ3n) is 6.33. The summed E-state index contributed by atoms with van der Waals surface area (Å²) in [7, 11) is 1.17. The third kappa shape index (κ3) is 7.10. The van der Waals surface area contributed by atoms with E-state index in [2.05, 4.69) is 50.9 Å². The van der Waals surface area contributed by atoms with Crippen LogP contribution < -0.4 is 10.6 Å². The average Bonchev–Trinajstić information content (AvgIpc) is 3.23. The normalized spacial score (nSPS) is 27.0. The number of nitrogens with one attached hydrogen (secondary N) is 2. The smallest absolute Gasteiger partial charge is 0.191 e. The fourth-order valence-electron chi connectivity index (χ4n) is 4.59. The molecule has 6 heteroatoms. The topological polar surface area (TPSA) is 56.7 Å². The van der Waals surface area contributed by atoms with E-state index in [9.17, 15) is 4.21 Å². The standard InChI is InChI=1S/C23H38N4OS/c1-3-29(28)22-11-7-10-21(16-22)26-23(24-2)25-17-20-13-15-27(18-20)14-12-19-8-5-4-6-9-19/h4-6,8-9,20-22H,3,7,10-18H2,1-2H3,(H2,24,25,26). The number of likely N-dealkylation sites (tertiary alicyclic amines) is 1. The van der Waals surface area contributed by atoms with Gasteiger partial charge in [-0.1, -0.05) is 43.7 Å². The van der Waals surface area contributed by atoms with Gasteiger partial charge in [-0.3, -0.25) is 9.20 Å². The van der Waals surface area contributed by atoms with Crippen LogP contribution in [0, 0.1) is 5.92 Å². The van der Waals surface area contributed by atoms with Gasteiger partial charge in [-0.2, -0.15) is 0 Å². The van der Waals surface area contributed by atoms with Crippen molar-refractivity contribution >= 4 is 16.8 Å². The summed E-state index contributed by atoms with van der Waals surface area (Å²) in [6.07, 6.45) is 6.79. The van der Waals surface area contributed by atoms with Gasteiger partial charge in [0.25, 0.3) is 0 Å². The summed E-state index contributed by atoms with van der Waals surface area (Å²) in [5, 5.41) is 7.48. The van der Waals surface area contributed by atoms with E-state index >= 15 is 0 Å². The molecule has 4 atom stereocenters.